The highest BCUT2D eigenvalue weighted by Crippen LogP contribution is 2.28. The summed E-state index contributed by atoms with van der Waals surface area (Å²) in [6.07, 6.45) is 0. The molecular formula is C15H24N2O3. The van der Waals surface area contributed by atoms with E-state index in [0.29, 0.717) is 23.6 Å². The van der Waals surface area contributed by atoms with E-state index in [2.05, 4.69) is 5.32 Å². The van der Waals surface area contributed by atoms with Gasteiger partial charge in [0.15, 0.2) is 11.5 Å². The Bertz CT molecular complexity index is 474. The van der Waals surface area contributed by atoms with Gasteiger partial charge in [0, 0.05) is 12.1 Å². The SMILES string of the molecule is COc1ccc(C(=O)NC(C)(CN)C(C)C)cc1OC. The topological polar surface area (TPSA) is 73.6 Å². The number of carbonyl (C=O) groups excluding carboxylic acids is 1. The van der Waals surface area contributed by atoms with Gasteiger partial charge in [0.1, 0.15) is 0 Å². The molecular weight excluding hydrogens is 256 g/mol. The molecule has 0 aliphatic heterocycles. The fraction of sp³-hybridized carbons (Fsp3) is 0.533. The summed E-state index contributed by atoms with van der Waals surface area (Å²) in [6, 6.07) is 5.07. The number of rotatable bonds is 6. The zero-order valence-corrected chi connectivity index (χ0v) is 12.8. The Morgan fingerprint density at radius 3 is 2.35 bits per heavy atom. The first kappa shape index (κ1) is 16.3. The van der Waals surface area contributed by atoms with Gasteiger partial charge in [-0.2, -0.15) is 0 Å². The van der Waals surface area contributed by atoms with Crippen LogP contribution in [-0.2, 0) is 0 Å². The van der Waals surface area contributed by atoms with Crippen LogP contribution in [0.25, 0.3) is 0 Å². The van der Waals surface area contributed by atoms with Gasteiger partial charge < -0.3 is 20.5 Å². The Kier molecular flexibility index (Phi) is 5.39. The van der Waals surface area contributed by atoms with Crippen molar-refractivity contribution < 1.29 is 14.3 Å². The van der Waals surface area contributed by atoms with Crippen LogP contribution in [0.2, 0.25) is 0 Å². The van der Waals surface area contributed by atoms with E-state index in [1.165, 1.54) is 7.11 Å². The van der Waals surface area contributed by atoms with Crippen LogP contribution in [0.3, 0.4) is 0 Å². The molecule has 0 saturated heterocycles. The first-order valence-corrected chi connectivity index (χ1v) is 6.62. The molecule has 5 heteroatoms. The third-order valence-electron chi connectivity index (χ3n) is 3.74. The highest BCUT2D eigenvalue weighted by atomic mass is 16.5. The molecule has 5 nitrogen and oxygen atoms in total. The van der Waals surface area contributed by atoms with Crippen LogP contribution in [0.5, 0.6) is 11.5 Å². The molecule has 0 heterocycles. The second-order valence-electron chi connectivity index (χ2n) is 5.30. The lowest BCUT2D eigenvalue weighted by Crippen LogP contribution is -2.55. The fourth-order valence-corrected chi connectivity index (χ4v) is 1.74. The Hall–Kier alpha value is -1.75. The van der Waals surface area contributed by atoms with E-state index >= 15 is 0 Å². The van der Waals surface area contributed by atoms with Crippen molar-refractivity contribution in [3.63, 3.8) is 0 Å². The largest absolute Gasteiger partial charge is 0.493 e. The number of ether oxygens (including phenoxy) is 2. The smallest absolute Gasteiger partial charge is 0.251 e. The molecule has 1 aromatic rings. The van der Waals surface area contributed by atoms with Crippen molar-refractivity contribution in [1.82, 2.24) is 5.32 Å². The molecule has 0 aliphatic rings. The molecule has 0 aliphatic carbocycles. The van der Waals surface area contributed by atoms with Gasteiger partial charge in [0.25, 0.3) is 5.91 Å². The summed E-state index contributed by atoms with van der Waals surface area (Å²) in [7, 11) is 3.10. The number of methoxy groups -OCH3 is 2. The first-order valence-electron chi connectivity index (χ1n) is 6.62. The second kappa shape index (κ2) is 6.61. The van der Waals surface area contributed by atoms with Crippen LogP contribution >= 0.6 is 0 Å². The average Bonchev–Trinajstić information content (AvgIpc) is 2.45. The molecule has 1 atom stereocenters. The number of hydrogen-bond acceptors (Lipinski definition) is 4. The van der Waals surface area contributed by atoms with Gasteiger partial charge >= 0.3 is 0 Å². The van der Waals surface area contributed by atoms with Crippen LogP contribution in [0.4, 0.5) is 0 Å². The van der Waals surface area contributed by atoms with Crippen molar-refractivity contribution in [2.75, 3.05) is 20.8 Å². The van der Waals surface area contributed by atoms with E-state index < -0.39 is 5.54 Å². The minimum absolute atomic E-state index is 0.174. The average molecular weight is 280 g/mol. The Labute approximate surface area is 120 Å². The zero-order chi connectivity index (χ0) is 15.3. The van der Waals surface area contributed by atoms with Crippen molar-refractivity contribution in [1.29, 1.82) is 0 Å². The van der Waals surface area contributed by atoms with Gasteiger partial charge in [0.2, 0.25) is 0 Å². The molecule has 1 rings (SSSR count). The number of nitrogens with two attached hydrogens (primary N) is 1. The molecule has 0 spiro atoms. The van der Waals surface area contributed by atoms with Crippen molar-refractivity contribution in [3.8, 4) is 11.5 Å². The van der Waals surface area contributed by atoms with Gasteiger partial charge in [-0.25, -0.2) is 0 Å². The Morgan fingerprint density at radius 2 is 1.90 bits per heavy atom. The van der Waals surface area contributed by atoms with Crippen molar-refractivity contribution in [2.45, 2.75) is 26.3 Å². The third-order valence-corrected chi connectivity index (χ3v) is 3.74. The van der Waals surface area contributed by atoms with Gasteiger partial charge in [-0.1, -0.05) is 13.8 Å². The molecule has 1 unspecified atom stereocenters. The van der Waals surface area contributed by atoms with Gasteiger partial charge in [0.05, 0.1) is 19.8 Å². The highest BCUT2D eigenvalue weighted by Gasteiger charge is 2.29. The lowest BCUT2D eigenvalue weighted by molar-refractivity contribution is 0.0883. The summed E-state index contributed by atoms with van der Waals surface area (Å²) in [5, 5.41) is 2.99. The lowest BCUT2D eigenvalue weighted by Gasteiger charge is -2.33. The van der Waals surface area contributed by atoms with E-state index in [0.717, 1.165) is 0 Å². The second-order valence-corrected chi connectivity index (χ2v) is 5.30. The van der Waals surface area contributed by atoms with E-state index in [4.69, 9.17) is 15.2 Å². The maximum absolute atomic E-state index is 12.3. The minimum atomic E-state index is -0.440. The highest BCUT2D eigenvalue weighted by molar-refractivity contribution is 5.95. The summed E-state index contributed by atoms with van der Waals surface area (Å²) in [4.78, 5) is 12.3. The third kappa shape index (κ3) is 3.42. The summed E-state index contributed by atoms with van der Waals surface area (Å²) in [5.74, 6) is 1.18. The van der Waals surface area contributed by atoms with Gasteiger partial charge in [-0.05, 0) is 31.0 Å². The predicted molar refractivity (Wildman–Crippen MR) is 79.3 cm³/mol. The van der Waals surface area contributed by atoms with Crippen LogP contribution in [0.15, 0.2) is 18.2 Å². The van der Waals surface area contributed by atoms with Crippen LogP contribution in [-0.4, -0.2) is 32.2 Å². The molecule has 1 amide bonds. The lowest BCUT2D eigenvalue weighted by atomic mass is 9.88. The standard InChI is InChI=1S/C15H24N2O3/c1-10(2)15(3,9-16)17-14(18)11-6-7-12(19-4)13(8-11)20-5/h6-8,10H,9,16H2,1-5H3,(H,17,18). The quantitative estimate of drug-likeness (QED) is 0.833. The molecule has 0 radical (unpaired) electrons. The van der Waals surface area contributed by atoms with Crippen LogP contribution < -0.4 is 20.5 Å². The van der Waals surface area contributed by atoms with E-state index in [-0.39, 0.29) is 11.8 Å². The molecule has 1 aromatic carbocycles. The normalized spacial score (nSPS) is 13.8. The Morgan fingerprint density at radius 1 is 1.30 bits per heavy atom. The van der Waals surface area contributed by atoms with Gasteiger partial charge in [-0.3, -0.25) is 4.79 Å². The Balaban J connectivity index is 2.98. The van der Waals surface area contributed by atoms with Crippen molar-refractivity contribution in [3.05, 3.63) is 23.8 Å². The molecule has 0 bridgehead atoms. The molecule has 20 heavy (non-hydrogen) atoms. The monoisotopic (exact) mass is 280 g/mol. The summed E-state index contributed by atoms with van der Waals surface area (Å²) >= 11 is 0. The minimum Gasteiger partial charge on any atom is -0.493 e. The van der Waals surface area contributed by atoms with Crippen molar-refractivity contribution in [2.24, 2.45) is 11.7 Å². The molecule has 3 N–H and O–H groups in total. The zero-order valence-electron chi connectivity index (χ0n) is 12.8. The number of nitrogens with one attached hydrogen (secondary N) is 1. The molecule has 0 saturated carbocycles. The van der Waals surface area contributed by atoms with Gasteiger partial charge in [-0.15, -0.1) is 0 Å². The van der Waals surface area contributed by atoms with E-state index in [1.54, 1.807) is 25.3 Å². The fourth-order valence-electron chi connectivity index (χ4n) is 1.74. The molecule has 0 fully saturated rings. The maximum atomic E-state index is 12.3. The summed E-state index contributed by atoms with van der Waals surface area (Å²) in [6.45, 7) is 6.38. The molecule has 112 valence electrons. The summed E-state index contributed by atoms with van der Waals surface area (Å²) < 4.78 is 10.4. The number of amides is 1. The number of benzene rings is 1. The van der Waals surface area contributed by atoms with Crippen LogP contribution in [0, 0.1) is 5.92 Å². The predicted octanol–water partition coefficient (Wildman–Crippen LogP) is 1.81. The summed E-state index contributed by atoms with van der Waals surface area (Å²) in [5.41, 5.74) is 5.85. The number of hydrogen-bond donors (Lipinski definition) is 2. The maximum Gasteiger partial charge on any atom is 0.251 e. The number of carbonyl (C=O) groups is 1. The van der Waals surface area contributed by atoms with E-state index in [1.807, 2.05) is 20.8 Å². The van der Waals surface area contributed by atoms with E-state index in [9.17, 15) is 4.79 Å². The van der Waals surface area contributed by atoms with Crippen molar-refractivity contribution >= 4 is 5.91 Å². The first-order chi connectivity index (χ1) is 9.37. The molecule has 0 aromatic heterocycles. The van der Waals surface area contributed by atoms with Crippen LogP contribution in [0.1, 0.15) is 31.1 Å².